The molecule has 2 N–H and O–H groups in total. The van der Waals surface area contributed by atoms with Crippen LogP contribution in [0.4, 0.5) is 17.3 Å². The summed E-state index contributed by atoms with van der Waals surface area (Å²) in [5.74, 6) is 2.19. The summed E-state index contributed by atoms with van der Waals surface area (Å²) < 4.78 is 0. The molecular weight excluding hydrogens is 295 g/mol. The Kier molecular flexibility index (Phi) is 4.68. The normalized spacial score (nSPS) is 10.4. The molecule has 0 aliphatic carbocycles. The van der Waals surface area contributed by atoms with Crippen molar-refractivity contribution in [2.24, 2.45) is 0 Å². The SMILES string of the molecule is CCNc1nc(C)nc(Nc2c(Cl)cccc2Cl)c1C. The molecule has 6 heteroatoms. The van der Waals surface area contributed by atoms with Gasteiger partial charge >= 0.3 is 0 Å². The Bertz CT molecular complexity index is 609. The molecule has 0 aliphatic rings. The molecule has 0 unspecified atom stereocenters. The van der Waals surface area contributed by atoms with Gasteiger partial charge in [0, 0.05) is 12.1 Å². The molecule has 0 spiro atoms. The van der Waals surface area contributed by atoms with E-state index in [2.05, 4.69) is 20.6 Å². The van der Waals surface area contributed by atoms with Crippen molar-refractivity contribution in [3.63, 3.8) is 0 Å². The summed E-state index contributed by atoms with van der Waals surface area (Å²) in [5.41, 5.74) is 1.58. The van der Waals surface area contributed by atoms with E-state index in [1.807, 2.05) is 20.8 Å². The second-order valence-electron chi connectivity index (χ2n) is 4.35. The highest BCUT2D eigenvalue weighted by Gasteiger charge is 2.12. The van der Waals surface area contributed by atoms with Gasteiger partial charge in [0.2, 0.25) is 0 Å². The van der Waals surface area contributed by atoms with Crippen molar-refractivity contribution < 1.29 is 0 Å². The second-order valence-corrected chi connectivity index (χ2v) is 5.16. The molecule has 1 aromatic carbocycles. The van der Waals surface area contributed by atoms with Gasteiger partial charge in [0.15, 0.2) is 0 Å². The molecule has 2 aromatic rings. The van der Waals surface area contributed by atoms with Crippen LogP contribution in [0.15, 0.2) is 18.2 Å². The average molecular weight is 311 g/mol. The Morgan fingerprint density at radius 1 is 1.05 bits per heavy atom. The number of aromatic nitrogens is 2. The number of halogens is 2. The van der Waals surface area contributed by atoms with Crippen LogP contribution in [0.1, 0.15) is 18.3 Å². The zero-order valence-electron chi connectivity index (χ0n) is 11.6. The first-order chi connectivity index (χ1) is 9.52. The predicted molar refractivity (Wildman–Crippen MR) is 85.4 cm³/mol. The molecule has 0 saturated carbocycles. The molecule has 1 aromatic heterocycles. The lowest BCUT2D eigenvalue weighted by Crippen LogP contribution is -2.08. The highest BCUT2D eigenvalue weighted by molar-refractivity contribution is 6.39. The van der Waals surface area contributed by atoms with E-state index in [4.69, 9.17) is 23.2 Å². The lowest BCUT2D eigenvalue weighted by molar-refractivity contribution is 1.02. The summed E-state index contributed by atoms with van der Waals surface area (Å²) in [5, 5.41) is 7.52. The van der Waals surface area contributed by atoms with Crippen molar-refractivity contribution in [3.8, 4) is 0 Å². The number of hydrogen-bond acceptors (Lipinski definition) is 4. The van der Waals surface area contributed by atoms with Gasteiger partial charge in [0.25, 0.3) is 0 Å². The van der Waals surface area contributed by atoms with Gasteiger partial charge in [-0.15, -0.1) is 0 Å². The highest BCUT2D eigenvalue weighted by atomic mass is 35.5. The highest BCUT2D eigenvalue weighted by Crippen LogP contribution is 2.33. The van der Waals surface area contributed by atoms with Gasteiger partial charge in [-0.05, 0) is 32.9 Å². The predicted octanol–water partition coefficient (Wildman–Crippen LogP) is 4.58. The number of nitrogens with zero attached hydrogens (tertiary/aromatic N) is 2. The lowest BCUT2D eigenvalue weighted by atomic mass is 10.2. The number of nitrogens with one attached hydrogen (secondary N) is 2. The zero-order chi connectivity index (χ0) is 14.7. The van der Waals surface area contributed by atoms with Gasteiger partial charge in [-0.1, -0.05) is 29.3 Å². The summed E-state index contributed by atoms with van der Waals surface area (Å²) in [6, 6.07) is 5.37. The van der Waals surface area contributed by atoms with Crippen molar-refractivity contribution in [1.29, 1.82) is 0 Å². The summed E-state index contributed by atoms with van der Waals surface area (Å²) >= 11 is 12.3. The van der Waals surface area contributed by atoms with Gasteiger partial charge in [0.1, 0.15) is 17.5 Å². The lowest BCUT2D eigenvalue weighted by Gasteiger charge is -2.15. The number of para-hydroxylation sites is 1. The fourth-order valence-electron chi connectivity index (χ4n) is 1.83. The molecule has 0 saturated heterocycles. The molecule has 4 nitrogen and oxygen atoms in total. The quantitative estimate of drug-likeness (QED) is 0.868. The van der Waals surface area contributed by atoms with Gasteiger partial charge in [-0.2, -0.15) is 0 Å². The van der Waals surface area contributed by atoms with E-state index in [-0.39, 0.29) is 0 Å². The second kappa shape index (κ2) is 6.29. The van der Waals surface area contributed by atoms with Crippen LogP contribution in [-0.4, -0.2) is 16.5 Å². The fraction of sp³-hybridized carbons (Fsp3) is 0.286. The largest absolute Gasteiger partial charge is 0.370 e. The van der Waals surface area contributed by atoms with Crippen LogP contribution >= 0.6 is 23.2 Å². The number of aryl methyl sites for hydroxylation is 1. The van der Waals surface area contributed by atoms with Gasteiger partial charge < -0.3 is 10.6 Å². The van der Waals surface area contributed by atoms with Gasteiger partial charge in [0.05, 0.1) is 15.7 Å². The monoisotopic (exact) mass is 310 g/mol. The van der Waals surface area contributed by atoms with E-state index < -0.39 is 0 Å². The van der Waals surface area contributed by atoms with E-state index >= 15 is 0 Å². The van der Waals surface area contributed by atoms with Crippen LogP contribution in [0.3, 0.4) is 0 Å². The molecule has 0 aliphatic heterocycles. The maximum absolute atomic E-state index is 6.17. The summed E-state index contributed by atoms with van der Waals surface area (Å²) in [6.45, 7) is 6.61. The van der Waals surface area contributed by atoms with Crippen LogP contribution < -0.4 is 10.6 Å². The summed E-state index contributed by atoms with van der Waals surface area (Å²) in [7, 11) is 0. The Balaban J connectivity index is 2.43. The van der Waals surface area contributed by atoms with E-state index in [0.29, 0.717) is 27.4 Å². The number of rotatable bonds is 4. The number of hydrogen-bond donors (Lipinski definition) is 2. The Labute approximate surface area is 128 Å². The van der Waals surface area contributed by atoms with Crippen molar-refractivity contribution >= 4 is 40.5 Å². The molecule has 0 amide bonds. The van der Waals surface area contributed by atoms with Crippen LogP contribution in [0.25, 0.3) is 0 Å². The molecule has 0 fully saturated rings. The van der Waals surface area contributed by atoms with Crippen molar-refractivity contribution in [2.75, 3.05) is 17.2 Å². The van der Waals surface area contributed by atoms with Crippen LogP contribution in [0, 0.1) is 13.8 Å². The maximum Gasteiger partial charge on any atom is 0.139 e. The topological polar surface area (TPSA) is 49.8 Å². The first-order valence-corrected chi connectivity index (χ1v) is 7.08. The summed E-state index contributed by atoms with van der Waals surface area (Å²) in [6.07, 6.45) is 0. The standard InChI is InChI=1S/C14H16Cl2N4/c1-4-17-13-8(2)14(19-9(3)18-13)20-12-10(15)6-5-7-11(12)16/h5-7H,4H2,1-3H3,(H2,17,18,19,20). The van der Waals surface area contributed by atoms with Crippen molar-refractivity contribution in [3.05, 3.63) is 39.6 Å². The minimum atomic E-state index is 0.554. The first kappa shape index (κ1) is 14.9. The molecule has 106 valence electrons. The van der Waals surface area contributed by atoms with Crippen molar-refractivity contribution in [1.82, 2.24) is 9.97 Å². The molecule has 0 radical (unpaired) electrons. The van der Waals surface area contributed by atoms with E-state index in [1.165, 1.54) is 0 Å². The summed E-state index contributed by atoms with van der Waals surface area (Å²) in [4.78, 5) is 8.80. The number of benzene rings is 1. The maximum atomic E-state index is 6.17. The molecular formula is C14H16Cl2N4. The molecule has 1 heterocycles. The Morgan fingerprint density at radius 2 is 1.65 bits per heavy atom. The van der Waals surface area contributed by atoms with E-state index in [1.54, 1.807) is 18.2 Å². The molecule has 0 atom stereocenters. The van der Waals surface area contributed by atoms with Crippen molar-refractivity contribution in [2.45, 2.75) is 20.8 Å². The zero-order valence-corrected chi connectivity index (χ0v) is 13.1. The van der Waals surface area contributed by atoms with Crippen LogP contribution in [0.2, 0.25) is 10.0 Å². The Hall–Kier alpha value is -1.52. The minimum Gasteiger partial charge on any atom is -0.370 e. The van der Waals surface area contributed by atoms with Gasteiger partial charge in [-0.25, -0.2) is 9.97 Å². The van der Waals surface area contributed by atoms with Gasteiger partial charge in [-0.3, -0.25) is 0 Å². The first-order valence-electron chi connectivity index (χ1n) is 6.33. The Morgan fingerprint density at radius 3 is 2.25 bits per heavy atom. The van der Waals surface area contributed by atoms with E-state index in [0.717, 1.165) is 17.9 Å². The third-order valence-electron chi connectivity index (χ3n) is 2.81. The fourth-order valence-corrected chi connectivity index (χ4v) is 2.32. The van der Waals surface area contributed by atoms with Crippen LogP contribution in [0.5, 0.6) is 0 Å². The molecule has 2 rings (SSSR count). The van der Waals surface area contributed by atoms with Crippen LogP contribution in [-0.2, 0) is 0 Å². The number of anilines is 3. The average Bonchev–Trinajstić information content (AvgIpc) is 2.39. The third kappa shape index (κ3) is 3.14. The molecule has 20 heavy (non-hydrogen) atoms. The van der Waals surface area contributed by atoms with E-state index in [9.17, 15) is 0 Å². The molecule has 0 bridgehead atoms. The third-order valence-corrected chi connectivity index (χ3v) is 3.44. The minimum absolute atomic E-state index is 0.554. The smallest absolute Gasteiger partial charge is 0.139 e.